The number of nitrogens with one attached hydrogen (secondary N) is 1. The highest BCUT2D eigenvalue weighted by Gasteiger charge is 2.30. The highest BCUT2D eigenvalue weighted by atomic mass is 16.5. The molecule has 1 heterocycles. The maximum atomic E-state index is 12.7. The molecule has 1 aromatic rings. The molecule has 0 atom stereocenters. The Labute approximate surface area is 148 Å². The van der Waals surface area contributed by atoms with Gasteiger partial charge in [-0.3, -0.25) is 9.59 Å². The van der Waals surface area contributed by atoms with Crippen LogP contribution in [-0.2, 0) is 9.53 Å². The first kappa shape index (κ1) is 17.9. The van der Waals surface area contributed by atoms with Gasteiger partial charge >= 0.3 is 0 Å². The minimum absolute atomic E-state index is 0.0166. The number of likely N-dealkylation sites (tertiary alicyclic amines) is 1. The normalized spacial score (nSPS) is 18.2. The lowest BCUT2D eigenvalue weighted by Gasteiger charge is -2.32. The fourth-order valence-corrected chi connectivity index (χ4v) is 3.06. The van der Waals surface area contributed by atoms with Gasteiger partial charge in [-0.05, 0) is 56.8 Å². The van der Waals surface area contributed by atoms with Gasteiger partial charge < -0.3 is 20.7 Å². The fourth-order valence-electron chi connectivity index (χ4n) is 3.06. The first-order valence-corrected chi connectivity index (χ1v) is 9.19. The third-order valence-electron chi connectivity index (χ3n) is 4.76. The molecular formula is C19H27N3O3. The number of rotatable bonds is 7. The molecule has 3 rings (SSSR count). The van der Waals surface area contributed by atoms with E-state index in [0.29, 0.717) is 37.5 Å². The molecule has 0 radical (unpaired) electrons. The smallest absolute Gasteiger partial charge is 0.253 e. The lowest BCUT2D eigenvalue weighted by Crippen LogP contribution is -2.41. The molecule has 0 spiro atoms. The molecule has 0 bridgehead atoms. The van der Waals surface area contributed by atoms with Crippen molar-refractivity contribution in [3.63, 3.8) is 0 Å². The molecule has 2 aliphatic rings. The third kappa shape index (κ3) is 5.03. The first-order valence-electron chi connectivity index (χ1n) is 9.19. The number of hydrogen-bond donors (Lipinski definition) is 2. The molecule has 3 N–H and O–H groups in total. The van der Waals surface area contributed by atoms with Gasteiger partial charge in [0.1, 0.15) is 0 Å². The van der Waals surface area contributed by atoms with Crippen LogP contribution in [0.5, 0.6) is 0 Å². The van der Waals surface area contributed by atoms with Crippen molar-refractivity contribution < 1.29 is 14.3 Å². The van der Waals surface area contributed by atoms with Gasteiger partial charge in [-0.1, -0.05) is 6.07 Å². The molecule has 1 saturated heterocycles. The number of nitrogens with two attached hydrogens (primary N) is 1. The van der Waals surface area contributed by atoms with E-state index in [4.69, 9.17) is 10.5 Å². The van der Waals surface area contributed by atoms with Crippen LogP contribution >= 0.6 is 0 Å². The van der Waals surface area contributed by atoms with Crippen LogP contribution < -0.4 is 11.1 Å². The van der Waals surface area contributed by atoms with Crippen LogP contribution in [0.15, 0.2) is 24.3 Å². The van der Waals surface area contributed by atoms with Gasteiger partial charge in [0.2, 0.25) is 5.91 Å². The lowest BCUT2D eigenvalue weighted by atomic mass is 10.1. The second-order valence-corrected chi connectivity index (χ2v) is 6.85. The summed E-state index contributed by atoms with van der Waals surface area (Å²) in [5.41, 5.74) is 6.79. The van der Waals surface area contributed by atoms with Crippen LogP contribution in [0.3, 0.4) is 0 Å². The van der Waals surface area contributed by atoms with E-state index in [9.17, 15) is 9.59 Å². The summed E-state index contributed by atoms with van der Waals surface area (Å²) in [5, 5.41) is 2.90. The number of ether oxygens (including phenoxy) is 1. The minimum atomic E-state index is 0.0166. The Morgan fingerprint density at radius 1 is 1.20 bits per heavy atom. The zero-order valence-corrected chi connectivity index (χ0v) is 14.6. The van der Waals surface area contributed by atoms with Crippen molar-refractivity contribution in [2.75, 3.05) is 31.6 Å². The first-order chi connectivity index (χ1) is 12.2. The van der Waals surface area contributed by atoms with E-state index in [1.165, 1.54) is 0 Å². The van der Waals surface area contributed by atoms with E-state index in [1.807, 2.05) is 17.0 Å². The minimum Gasteiger partial charge on any atom is -0.378 e. The summed E-state index contributed by atoms with van der Waals surface area (Å²) in [6, 6.07) is 7.22. The SMILES string of the molecule is NCCCOC1CCN(C(=O)c2cccc(NC(=O)C3CC3)c2)CC1. The van der Waals surface area contributed by atoms with E-state index < -0.39 is 0 Å². The second-order valence-electron chi connectivity index (χ2n) is 6.85. The van der Waals surface area contributed by atoms with Crippen molar-refractivity contribution in [1.29, 1.82) is 0 Å². The van der Waals surface area contributed by atoms with Gasteiger partial charge in [0.15, 0.2) is 0 Å². The van der Waals surface area contributed by atoms with Crippen molar-refractivity contribution in [2.24, 2.45) is 11.7 Å². The average Bonchev–Trinajstić information content (AvgIpc) is 3.47. The van der Waals surface area contributed by atoms with Crippen LogP contribution in [-0.4, -0.2) is 49.1 Å². The molecule has 136 valence electrons. The molecule has 25 heavy (non-hydrogen) atoms. The van der Waals surface area contributed by atoms with Crippen molar-refractivity contribution in [1.82, 2.24) is 4.90 Å². The monoisotopic (exact) mass is 345 g/mol. The largest absolute Gasteiger partial charge is 0.378 e. The molecule has 1 aliphatic heterocycles. The average molecular weight is 345 g/mol. The van der Waals surface area contributed by atoms with E-state index in [1.54, 1.807) is 12.1 Å². The molecule has 0 aromatic heterocycles. The number of amides is 2. The highest BCUT2D eigenvalue weighted by Crippen LogP contribution is 2.30. The van der Waals surface area contributed by atoms with Gasteiger partial charge in [0.05, 0.1) is 6.10 Å². The Morgan fingerprint density at radius 2 is 1.96 bits per heavy atom. The number of anilines is 1. The maximum Gasteiger partial charge on any atom is 0.253 e. The Bertz CT molecular complexity index is 608. The highest BCUT2D eigenvalue weighted by molar-refractivity contribution is 5.98. The van der Waals surface area contributed by atoms with Gasteiger partial charge in [0, 0.05) is 36.9 Å². The van der Waals surface area contributed by atoms with E-state index in [-0.39, 0.29) is 23.8 Å². The van der Waals surface area contributed by atoms with Gasteiger partial charge in [-0.25, -0.2) is 0 Å². The zero-order chi connectivity index (χ0) is 17.6. The Kier molecular flexibility index (Phi) is 6.04. The van der Waals surface area contributed by atoms with Gasteiger partial charge in [-0.2, -0.15) is 0 Å². The number of hydrogen-bond acceptors (Lipinski definition) is 4. The maximum absolute atomic E-state index is 12.7. The molecule has 0 unspecified atom stereocenters. The summed E-state index contributed by atoms with van der Waals surface area (Å²) in [7, 11) is 0. The van der Waals surface area contributed by atoms with Crippen LogP contribution in [0, 0.1) is 5.92 Å². The van der Waals surface area contributed by atoms with Crippen LogP contribution in [0.4, 0.5) is 5.69 Å². The number of carbonyl (C=O) groups excluding carboxylic acids is 2. The Morgan fingerprint density at radius 3 is 2.64 bits per heavy atom. The molecule has 1 aliphatic carbocycles. The molecule has 6 nitrogen and oxygen atoms in total. The van der Waals surface area contributed by atoms with Crippen LogP contribution in [0.1, 0.15) is 42.5 Å². The molecule has 2 fully saturated rings. The van der Waals surface area contributed by atoms with Gasteiger partial charge in [-0.15, -0.1) is 0 Å². The predicted molar refractivity (Wildman–Crippen MR) is 96.3 cm³/mol. The molecule has 1 saturated carbocycles. The fraction of sp³-hybridized carbons (Fsp3) is 0.579. The van der Waals surface area contributed by atoms with Gasteiger partial charge in [0.25, 0.3) is 5.91 Å². The number of nitrogens with zero attached hydrogens (tertiary/aromatic N) is 1. The van der Waals surface area contributed by atoms with E-state index >= 15 is 0 Å². The predicted octanol–water partition coefficient (Wildman–Crippen LogP) is 2.01. The van der Waals surface area contributed by atoms with Crippen LogP contribution in [0.25, 0.3) is 0 Å². The molecule has 2 amide bonds. The standard InChI is InChI=1S/C19H27N3O3/c20-9-2-12-25-17-7-10-22(11-8-17)19(24)15-3-1-4-16(13-15)21-18(23)14-5-6-14/h1,3-4,13-14,17H,2,5-12,20H2,(H,21,23). The van der Waals surface area contributed by atoms with E-state index in [0.717, 1.165) is 32.1 Å². The lowest BCUT2D eigenvalue weighted by molar-refractivity contribution is -0.117. The molecule has 6 heteroatoms. The van der Waals surface area contributed by atoms with Crippen molar-refractivity contribution in [3.8, 4) is 0 Å². The number of piperidine rings is 1. The summed E-state index contributed by atoms with van der Waals surface area (Å²) in [4.78, 5) is 26.4. The Balaban J connectivity index is 1.52. The van der Waals surface area contributed by atoms with Crippen molar-refractivity contribution >= 4 is 17.5 Å². The third-order valence-corrected chi connectivity index (χ3v) is 4.76. The molecule has 1 aromatic carbocycles. The topological polar surface area (TPSA) is 84.7 Å². The Hall–Kier alpha value is -1.92. The summed E-state index contributed by atoms with van der Waals surface area (Å²) in [5.74, 6) is 0.223. The summed E-state index contributed by atoms with van der Waals surface area (Å²) in [6.45, 7) is 2.73. The number of benzene rings is 1. The summed E-state index contributed by atoms with van der Waals surface area (Å²) in [6.07, 6.45) is 4.74. The van der Waals surface area contributed by atoms with E-state index in [2.05, 4.69) is 5.32 Å². The van der Waals surface area contributed by atoms with Crippen LogP contribution in [0.2, 0.25) is 0 Å². The summed E-state index contributed by atoms with van der Waals surface area (Å²) >= 11 is 0. The molecular weight excluding hydrogens is 318 g/mol. The summed E-state index contributed by atoms with van der Waals surface area (Å²) < 4.78 is 5.78. The zero-order valence-electron chi connectivity index (χ0n) is 14.6. The number of carbonyl (C=O) groups is 2. The second kappa shape index (κ2) is 8.45. The van der Waals surface area contributed by atoms with Crippen molar-refractivity contribution in [3.05, 3.63) is 29.8 Å². The quantitative estimate of drug-likeness (QED) is 0.740. The van der Waals surface area contributed by atoms with Crippen molar-refractivity contribution in [2.45, 2.75) is 38.2 Å².